The highest BCUT2D eigenvalue weighted by molar-refractivity contribution is 7.87. The molecule has 1 N–H and O–H groups in total. The van der Waals surface area contributed by atoms with Gasteiger partial charge in [0.2, 0.25) is 0 Å². The van der Waals surface area contributed by atoms with Gasteiger partial charge < -0.3 is 0 Å². The standard InChI is InChI=1S/C7H10F3N3O2S/c8-7(9,10)5-12-16(14,15)13-3-1-2-6(13)4-11/h6,12H,1-3,5H2. The average molecular weight is 257 g/mol. The molecule has 16 heavy (non-hydrogen) atoms. The Balaban J connectivity index is 2.68. The molecule has 0 aromatic heterocycles. The summed E-state index contributed by atoms with van der Waals surface area (Å²) in [6.07, 6.45) is -3.77. The number of halogens is 3. The van der Waals surface area contributed by atoms with Crippen molar-refractivity contribution in [1.29, 1.82) is 5.26 Å². The van der Waals surface area contributed by atoms with Crippen molar-refractivity contribution < 1.29 is 21.6 Å². The number of hydrogen-bond donors (Lipinski definition) is 1. The van der Waals surface area contributed by atoms with Gasteiger partial charge in [-0.05, 0) is 12.8 Å². The average Bonchev–Trinajstić information content (AvgIpc) is 2.62. The summed E-state index contributed by atoms with van der Waals surface area (Å²) in [4.78, 5) is 0. The molecule has 1 unspecified atom stereocenters. The molecule has 1 heterocycles. The Morgan fingerprint density at radius 1 is 1.50 bits per heavy atom. The Morgan fingerprint density at radius 2 is 2.12 bits per heavy atom. The molecule has 1 aliphatic rings. The van der Waals surface area contributed by atoms with Gasteiger partial charge in [-0.2, -0.15) is 35.9 Å². The molecule has 0 saturated carbocycles. The van der Waals surface area contributed by atoms with E-state index in [1.54, 1.807) is 6.07 Å². The van der Waals surface area contributed by atoms with E-state index in [9.17, 15) is 21.6 Å². The molecular weight excluding hydrogens is 247 g/mol. The first-order valence-corrected chi connectivity index (χ1v) is 5.93. The minimum atomic E-state index is -4.60. The van der Waals surface area contributed by atoms with Crippen molar-refractivity contribution >= 4 is 10.2 Å². The Labute approximate surface area is 91.0 Å². The van der Waals surface area contributed by atoms with Gasteiger partial charge in [0.1, 0.15) is 12.6 Å². The molecule has 1 atom stereocenters. The number of hydrogen-bond acceptors (Lipinski definition) is 3. The molecule has 1 fully saturated rings. The minimum absolute atomic E-state index is 0.0748. The largest absolute Gasteiger partial charge is 0.402 e. The van der Waals surface area contributed by atoms with Crippen molar-refractivity contribution in [2.24, 2.45) is 0 Å². The van der Waals surface area contributed by atoms with E-state index in [1.807, 2.05) is 0 Å². The first-order valence-electron chi connectivity index (χ1n) is 4.49. The molecule has 1 aliphatic heterocycles. The van der Waals surface area contributed by atoms with Gasteiger partial charge in [0.05, 0.1) is 6.07 Å². The zero-order valence-corrected chi connectivity index (χ0v) is 8.98. The van der Waals surface area contributed by atoms with Crippen LogP contribution in [-0.2, 0) is 10.2 Å². The number of nitrogens with one attached hydrogen (secondary N) is 1. The van der Waals surface area contributed by atoms with Crippen LogP contribution in [0.1, 0.15) is 12.8 Å². The summed E-state index contributed by atoms with van der Waals surface area (Å²) in [5, 5.41) is 8.62. The van der Waals surface area contributed by atoms with Crippen molar-refractivity contribution in [3.05, 3.63) is 0 Å². The summed E-state index contributed by atoms with van der Waals surface area (Å²) in [6.45, 7) is -1.55. The maximum atomic E-state index is 11.8. The topological polar surface area (TPSA) is 73.2 Å². The first kappa shape index (κ1) is 13.2. The maximum absolute atomic E-state index is 11.8. The molecule has 0 spiro atoms. The van der Waals surface area contributed by atoms with E-state index in [0.29, 0.717) is 12.8 Å². The van der Waals surface area contributed by atoms with Crippen LogP contribution in [0, 0.1) is 11.3 Å². The molecule has 0 radical (unpaired) electrons. The van der Waals surface area contributed by atoms with Crippen LogP contribution in [0.2, 0.25) is 0 Å². The molecule has 0 aromatic rings. The molecule has 9 heteroatoms. The molecular formula is C7H10F3N3O2S. The molecule has 92 valence electrons. The van der Waals surface area contributed by atoms with Crippen LogP contribution in [0.5, 0.6) is 0 Å². The highest BCUT2D eigenvalue weighted by Gasteiger charge is 2.37. The van der Waals surface area contributed by atoms with E-state index in [4.69, 9.17) is 5.26 Å². The van der Waals surface area contributed by atoms with Gasteiger partial charge in [-0.1, -0.05) is 0 Å². The summed E-state index contributed by atoms with van der Waals surface area (Å²) >= 11 is 0. The predicted octanol–water partition coefficient (Wildman–Crippen LogP) is 0.371. The lowest BCUT2D eigenvalue weighted by Gasteiger charge is -2.19. The third-order valence-corrected chi connectivity index (χ3v) is 3.68. The van der Waals surface area contributed by atoms with Crippen LogP contribution in [0.25, 0.3) is 0 Å². The third-order valence-electron chi connectivity index (χ3n) is 2.12. The summed E-state index contributed by atoms with van der Waals surface area (Å²) < 4.78 is 60.5. The van der Waals surface area contributed by atoms with E-state index >= 15 is 0 Å². The van der Waals surface area contributed by atoms with Crippen LogP contribution in [-0.4, -0.2) is 38.0 Å². The fraction of sp³-hybridized carbons (Fsp3) is 0.857. The van der Waals surface area contributed by atoms with Crippen LogP contribution >= 0.6 is 0 Å². The summed E-state index contributed by atoms with van der Waals surface area (Å²) in [6, 6.07) is 0.873. The molecule has 5 nitrogen and oxygen atoms in total. The first-order chi connectivity index (χ1) is 7.26. The molecule has 0 aromatic carbocycles. The third kappa shape index (κ3) is 3.33. The maximum Gasteiger partial charge on any atom is 0.402 e. The second kappa shape index (κ2) is 4.57. The smallest absolute Gasteiger partial charge is 0.197 e. The highest BCUT2D eigenvalue weighted by atomic mass is 32.2. The van der Waals surface area contributed by atoms with Gasteiger partial charge in [0.15, 0.2) is 0 Å². The lowest BCUT2D eigenvalue weighted by molar-refractivity contribution is -0.121. The molecule has 0 aliphatic carbocycles. The Bertz CT molecular complexity index is 387. The Hall–Kier alpha value is -0.850. The van der Waals surface area contributed by atoms with E-state index in [-0.39, 0.29) is 6.54 Å². The van der Waals surface area contributed by atoms with Crippen molar-refractivity contribution in [1.82, 2.24) is 9.03 Å². The Morgan fingerprint density at radius 3 is 2.62 bits per heavy atom. The van der Waals surface area contributed by atoms with E-state index in [2.05, 4.69) is 0 Å². The quantitative estimate of drug-likeness (QED) is 0.794. The summed E-state index contributed by atoms with van der Waals surface area (Å²) in [7, 11) is -4.21. The fourth-order valence-electron chi connectivity index (χ4n) is 1.41. The molecule has 0 amide bonds. The van der Waals surface area contributed by atoms with E-state index in [0.717, 1.165) is 4.31 Å². The number of alkyl halides is 3. The van der Waals surface area contributed by atoms with Crippen LogP contribution in [0.15, 0.2) is 0 Å². The highest BCUT2D eigenvalue weighted by Crippen LogP contribution is 2.20. The van der Waals surface area contributed by atoms with Gasteiger partial charge >= 0.3 is 6.18 Å². The number of nitriles is 1. The second-order valence-corrected chi connectivity index (χ2v) is 5.05. The van der Waals surface area contributed by atoms with Gasteiger partial charge in [0, 0.05) is 6.54 Å². The summed E-state index contributed by atoms with van der Waals surface area (Å²) in [5.41, 5.74) is 0. The van der Waals surface area contributed by atoms with Gasteiger partial charge in [0.25, 0.3) is 10.2 Å². The molecule has 0 bridgehead atoms. The van der Waals surface area contributed by atoms with Crippen LogP contribution in [0.4, 0.5) is 13.2 Å². The van der Waals surface area contributed by atoms with E-state index < -0.39 is 29.0 Å². The van der Waals surface area contributed by atoms with Gasteiger partial charge in [-0.15, -0.1) is 0 Å². The lowest BCUT2D eigenvalue weighted by atomic mass is 10.2. The van der Waals surface area contributed by atoms with Crippen LogP contribution in [0.3, 0.4) is 0 Å². The Kier molecular flexibility index (Phi) is 3.77. The zero-order valence-electron chi connectivity index (χ0n) is 8.16. The van der Waals surface area contributed by atoms with Crippen LogP contribution < -0.4 is 4.72 Å². The second-order valence-electron chi connectivity index (χ2n) is 3.34. The van der Waals surface area contributed by atoms with Gasteiger partial charge in [-0.25, -0.2) is 0 Å². The molecule has 1 saturated heterocycles. The van der Waals surface area contributed by atoms with Crippen molar-refractivity contribution in [3.8, 4) is 6.07 Å². The number of nitrogens with zero attached hydrogens (tertiary/aromatic N) is 2. The van der Waals surface area contributed by atoms with Gasteiger partial charge in [-0.3, -0.25) is 0 Å². The number of rotatable bonds is 3. The predicted molar refractivity (Wildman–Crippen MR) is 48.3 cm³/mol. The van der Waals surface area contributed by atoms with E-state index in [1.165, 1.54) is 4.72 Å². The minimum Gasteiger partial charge on any atom is -0.197 e. The van der Waals surface area contributed by atoms with Crippen molar-refractivity contribution in [3.63, 3.8) is 0 Å². The SMILES string of the molecule is N#CC1CCCN1S(=O)(=O)NCC(F)(F)F. The monoisotopic (exact) mass is 257 g/mol. The normalized spacial score (nSPS) is 23.2. The summed E-state index contributed by atoms with van der Waals surface area (Å²) in [5.74, 6) is 0. The fourth-order valence-corrected chi connectivity index (χ4v) is 2.78. The molecule has 1 rings (SSSR count). The zero-order chi connectivity index (χ0) is 12.4. The van der Waals surface area contributed by atoms with Crippen molar-refractivity contribution in [2.75, 3.05) is 13.1 Å². The van der Waals surface area contributed by atoms with Crippen molar-refractivity contribution in [2.45, 2.75) is 25.1 Å². The lowest BCUT2D eigenvalue weighted by Crippen LogP contribution is -2.45.